The van der Waals surface area contributed by atoms with Gasteiger partial charge in [0, 0.05) is 25.2 Å². The Labute approximate surface area is 81.5 Å². The van der Waals surface area contributed by atoms with Crippen molar-refractivity contribution in [2.45, 2.75) is 32.4 Å². The highest BCUT2D eigenvalue weighted by molar-refractivity contribution is 6.74. The van der Waals surface area contributed by atoms with Crippen molar-refractivity contribution in [1.82, 2.24) is 4.57 Å². The predicted molar refractivity (Wildman–Crippen MR) is 58.5 cm³/mol. The first-order valence-corrected chi connectivity index (χ1v) is 8.36. The molecule has 1 aromatic rings. The predicted octanol–water partition coefficient (Wildman–Crippen LogP) is 2.51. The summed E-state index contributed by atoms with van der Waals surface area (Å²) < 4.78 is 7.45. The normalized spacial score (nSPS) is 12.0. The molecule has 0 radical (unpaired) electrons. The fourth-order valence-corrected chi connectivity index (χ4v) is 2.72. The van der Waals surface area contributed by atoms with Crippen molar-refractivity contribution in [3.8, 4) is 0 Å². The molecule has 0 N–H and O–H groups in total. The Morgan fingerprint density at radius 2 is 2.08 bits per heavy atom. The van der Waals surface area contributed by atoms with Gasteiger partial charge in [-0.15, -0.1) is 0 Å². The minimum Gasteiger partial charge on any atom is -0.378 e. The van der Waals surface area contributed by atoms with Gasteiger partial charge in [-0.1, -0.05) is 19.6 Å². The van der Waals surface area contributed by atoms with Crippen LogP contribution in [-0.4, -0.2) is 19.8 Å². The van der Waals surface area contributed by atoms with Crippen LogP contribution in [0.1, 0.15) is 5.69 Å². The lowest BCUT2D eigenvalue weighted by Gasteiger charge is -2.18. The maximum absolute atomic E-state index is 5.14. The van der Waals surface area contributed by atoms with E-state index in [1.807, 2.05) is 0 Å². The molecule has 0 aromatic carbocycles. The van der Waals surface area contributed by atoms with Crippen molar-refractivity contribution in [3.63, 3.8) is 0 Å². The molecule has 1 aromatic heterocycles. The van der Waals surface area contributed by atoms with Crippen LogP contribution >= 0.6 is 0 Å². The van der Waals surface area contributed by atoms with E-state index in [1.54, 1.807) is 7.11 Å². The molecule has 0 saturated carbocycles. The van der Waals surface area contributed by atoms with E-state index >= 15 is 0 Å². The van der Waals surface area contributed by atoms with Gasteiger partial charge >= 0.3 is 0 Å². The summed E-state index contributed by atoms with van der Waals surface area (Å²) in [5.41, 5.74) is 1.28. The molecule has 0 spiro atoms. The third-order valence-corrected chi connectivity index (χ3v) is 3.15. The third kappa shape index (κ3) is 3.36. The van der Waals surface area contributed by atoms with E-state index < -0.39 is 8.07 Å². The lowest BCUT2D eigenvalue weighted by molar-refractivity contribution is 0.178. The van der Waals surface area contributed by atoms with Crippen LogP contribution in [-0.2, 0) is 17.5 Å². The average molecular weight is 197 g/mol. The fraction of sp³-hybridized carbons (Fsp3) is 0.600. The molecular formula is C10H19NOSi. The summed E-state index contributed by atoms with van der Waals surface area (Å²) in [7, 11) is 0.727. The van der Waals surface area contributed by atoms with Gasteiger partial charge in [0.05, 0.1) is 14.7 Å². The maximum Gasteiger partial charge on any atom is 0.0863 e. The minimum absolute atomic E-state index is 0.720. The van der Waals surface area contributed by atoms with E-state index in [0.29, 0.717) is 0 Å². The van der Waals surface area contributed by atoms with E-state index in [0.717, 1.165) is 6.61 Å². The highest BCUT2D eigenvalue weighted by atomic mass is 28.3. The van der Waals surface area contributed by atoms with Crippen LogP contribution in [0.3, 0.4) is 0 Å². The molecule has 0 unspecified atom stereocenters. The molecule has 0 amide bonds. The summed E-state index contributed by atoms with van der Waals surface area (Å²) in [6.45, 7) is 7.86. The Morgan fingerprint density at radius 3 is 2.62 bits per heavy atom. The van der Waals surface area contributed by atoms with Gasteiger partial charge in [-0.05, 0) is 12.1 Å². The Hall–Kier alpha value is -0.543. The molecule has 0 saturated heterocycles. The number of aromatic nitrogens is 1. The van der Waals surface area contributed by atoms with Gasteiger partial charge in [0.15, 0.2) is 0 Å². The molecule has 0 aliphatic carbocycles. The van der Waals surface area contributed by atoms with Crippen molar-refractivity contribution in [3.05, 3.63) is 24.0 Å². The standard InChI is InChI=1S/C10H19NOSi/c1-12-8-10-6-5-7-11(10)9-13(2,3)4/h5-7H,8-9H2,1-4H3. The molecule has 1 heterocycles. The summed E-state index contributed by atoms with van der Waals surface area (Å²) in [6.07, 6.45) is 3.32. The highest BCUT2D eigenvalue weighted by Crippen LogP contribution is 2.10. The summed E-state index contributed by atoms with van der Waals surface area (Å²) in [5.74, 6) is 0. The Bertz CT molecular complexity index is 262. The molecule has 3 heteroatoms. The third-order valence-electron chi connectivity index (χ3n) is 1.86. The van der Waals surface area contributed by atoms with Crippen molar-refractivity contribution in [2.75, 3.05) is 7.11 Å². The number of methoxy groups -OCH3 is 1. The second-order valence-electron chi connectivity index (χ2n) is 4.62. The van der Waals surface area contributed by atoms with E-state index in [4.69, 9.17) is 4.74 Å². The van der Waals surface area contributed by atoms with Gasteiger partial charge in [0.2, 0.25) is 0 Å². The van der Waals surface area contributed by atoms with Crippen molar-refractivity contribution in [2.24, 2.45) is 0 Å². The molecule has 0 fully saturated rings. The largest absolute Gasteiger partial charge is 0.378 e. The first kappa shape index (κ1) is 10.5. The summed E-state index contributed by atoms with van der Waals surface area (Å²) in [4.78, 5) is 0. The SMILES string of the molecule is COCc1cccn1C[Si](C)(C)C. The van der Waals surface area contributed by atoms with Crippen LogP contribution in [0.2, 0.25) is 19.6 Å². The van der Waals surface area contributed by atoms with Gasteiger partial charge in [-0.25, -0.2) is 0 Å². The average Bonchev–Trinajstić information content (AvgIpc) is 2.34. The van der Waals surface area contributed by atoms with Crippen molar-refractivity contribution >= 4 is 8.07 Å². The van der Waals surface area contributed by atoms with Crippen LogP contribution in [0.5, 0.6) is 0 Å². The molecule has 0 aliphatic rings. The lowest BCUT2D eigenvalue weighted by atomic mass is 10.4. The van der Waals surface area contributed by atoms with Crippen molar-refractivity contribution in [1.29, 1.82) is 0 Å². The molecule has 13 heavy (non-hydrogen) atoms. The van der Waals surface area contributed by atoms with E-state index in [9.17, 15) is 0 Å². The fourth-order valence-electron chi connectivity index (χ4n) is 1.39. The van der Waals surface area contributed by atoms with E-state index in [1.165, 1.54) is 11.9 Å². The number of rotatable bonds is 4. The Balaban J connectivity index is 2.70. The monoisotopic (exact) mass is 197 g/mol. The zero-order valence-corrected chi connectivity index (χ0v) is 10.0. The quantitative estimate of drug-likeness (QED) is 0.677. The summed E-state index contributed by atoms with van der Waals surface area (Å²) in [5, 5.41) is 0. The minimum atomic E-state index is -1.01. The maximum atomic E-state index is 5.14. The second kappa shape index (κ2) is 4.11. The van der Waals surface area contributed by atoms with Crippen molar-refractivity contribution < 1.29 is 4.74 Å². The zero-order valence-electron chi connectivity index (χ0n) is 9.00. The first-order valence-electron chi connectivity index (χ1n) is 4.66. The van der Waals surface area contributed by atoms with Gasteiger partial charge in [-0.2, -0.15) is 0 Å². The number of hydrogen-bond acceptors (Lipinski definition) is 1. The lowest BCUT2D eigenvalue weighted by Crippen LogP contribution is -2.28. The Kier molecular flexibility index (Phi) is 3.33. The molecule has 0 atom stereocenters. The van der Waals surface area contributed by atoms with Crippen LogP contribution in [0.4, 0.5) is 0 Å². The van der Waals surface area contributed by atoms with E-state index in [-0.39, 0.29) is 0 Å². The topological polar surface area (TPSA) is 14.2 Å². The molecule has 2 nitrogen and oxygen atoms in total. The second-order valence-corrected chi connectivity index (χ2v) is 10.1. The van der Waals surface area contributed by atoms with Crippen LogP contribution in [0.15, 0.2) is 18.3 Å². The van der Waals surface area contributed by atoms with Gasteiger partial charge in [-0.3, -0.25) is 0 Å². The molecule has 0 aliphatic heterocycles. The van der Waals surface area contributed by atoms with Crippen LogP contribution in [0, 0.1) is 0 Å². The zero-order chi connectivity index (χ0) is 9.90. The van der Waals surface area contributed by atoms with Gasteiger partial charge in [0.25, 0.3) is 0 Å². The number of hydrogen-bond donors (Lipinski definition) is 0. The van der Waals surface area contributed by atoms with Crippen LogP contribution in [0.25, 0.3) is 0 Å². The van der Waals surface area contributed by atoms with Gasteiger partial charge < -0.3 is 9.30 Å². The molecule has 0 bridgehead atoms. The smallest absolute Gasteiger partial charge is 0.0863 e. The van der Waals surface area contributed by atoms with E-state index in [2.05, 4.69) is 42.5 Å². The number of ether oxygens (including phenoxy) is 1. The highest BCUT2D eigenvalue weighted by Gasteiger charge is 2.14. The molecule has 1 rings (SSSR count). The van der Waals surface area contributed by atoms with Gasteiger partial charge in [0.1, 0.15) is 0 Å². The summed E-state index contributed by atoms with van der Waals surface area (Å²) >= 11 is 0. The van der Waals surface area contributed by atoms with Crippen LogP contribution < -0.4 is 0 Å². The number of nitrogens with zero attached hydrogens (tertiary/aromatic N) is 1. The summed E-state index contributed by atoms with van der Waals surface area (Å²) in [6, 6.07) is 4.22. The Morgan fingerprint density at radius 1 is 1.38 bits per heavy atom. The molecule has 74 valence electrons. The molecular weight excluding hydrogens is 178 g/mol. The first-order chi connectivity index (χ1) is 6.03.